The molecule has 2 rings (SSSR count). The van der Waals surface area contributed by atoms with Crippen molar-refractivity contribution < 1.29 is 13.2 Å². The first-order valence-electron chi connectivity index (χ1n) is 7.15. The number of ether oxygens (including phenoxy) is 1. The molecule has 0 bridgehead atoms. The van der Waals surface area contributed by atoms with Crippen LogP contribution in [-0.2, 0) is 10.0 Å². The number of likely N-dealkylation sites (N-methyl/N-ethyl adjacent to an activating group) is 1. The SMILES string of the molecule is CCN1CCCC1CNS(=O)(=O)c1cc(N)ccc1OC. The predicted octanol–water partition coefficient (Wildman–Crippen LogP) is 1.04. The fraction of sp³-hybridized carbons (Fsp3) is 0.571. The molecule has 0 radical (unpaired) electrons. The molecule has 0 aliphatic carbocycles. The number of likely N-dealkylation sites (tertiary alicyclic amines) is 1. The van der Waals surface area contributed by atoms with Gasteiger partial charge in [0.15, 0.2) is 0 Å². The van der Waals surface area contributed by atoms with Gasteiger partial charge in [0, 0.05) is 18.3 Å². The number of hydrogen-bond donors (Lipinski definition) is 2. The van der Waals surface area contributed by atoms with E-state index < -0.39 is 10.0 Å². The highest BCUT2D eigenvalue weighted by molar-refractivity contribution is 7.89. The predicted molar refractivity (Wildman–Crippen MR) is 82.9 cm³/mol. The van der Waals surface area contributed by atoms with Crippen LogP contribution in [0.1, 0.15) is 19.8 Å². The topological polar surface area (TPSA) is 84.7 Å². The number of rotatable bonds is 6. The molecular weight excluding hydrogens is 290 g/mol. The first kappa shape index (κ1) is 16.1. The van der Waals surface area contributed by atoms with Crippen LogP contribution in [0.15, 0.2) is 23.1 Å². The van der Waals surface area contributed by atoms with Gasteiger partial charge in [-0.15, -0.1) is 0 Å². The standard InChI is InChI=1S/C14H23N3O3S/c1-3-17-8-4-5-12(17)10-16-21(18,19)14-9-11(15)6-7-13(14)20-2/h6-7,9,12,16H,3-5,8,10,15H2,1-2H3. The number of nitrogens with one attached hydrogen (secondary N) is 1. The first-order valence-corrected chi connectivity index (χ1v) is 8.63. The number of nitrogen functional groups attached to an aromatic ring is 1. The Labute approximate surface area is 126 Å². The van der Waals surface area contributed by atoms with Gasteiger partial charge in [-0.3, -0.25) is 4.90 Å². The van der Waals surface area contributed by atoms with E-state index in [-0.39, 0.29) is 10.9 Å². The van der Waals surface area contributed by atoms with Crippen LogP contribution in [0.5, 0.6) is 5.75 Å². The Morgan fingerprint density at radius 3 is 2.90 bits per heavy atom. The van der Waals surface area contributed by atoms with Crippen molar-refractivity contribution in [2.24, 2.45) is 0 Å². The second kappa shape index (κ2) is 6.64. The average Bonchev–Trinajstić information content (AvgIpc) is 2.92. The van der Waals surface area contributed by atoms with E-state index in [0.717, 1.165) is 25.9 Å². The molecule has 1 aliphatic heterocycles. The minimum Gasteiger partial charge on any atom is -0.495 e. The number of nitrogens with two attached hydrogens (primary N) is 1. The van der Waals surface area contributed by atoms with Gasteiger partial charge in [-0.1, -0.05) is 6.92 Å². The van der Waals surface area contributed by atoms with Crippen LogP contribution in [0.25, 0.3) is 0 Å². The van der Waals surface area contributed by atoms with Crippen molar-refractivity contribution in [3.8, 4) is 5.75 Å². The minimum absolute atomic E-state index is 0.0889. The molecular formula is C14H23N3O3S. The zero-order valence-corrected chi connectivity index (χ0v) is 13.3. The Morgan fingerprint density at radius 2 is 2.24 bits per heavy atom. The van der Waals surface area contributed by atoms with Crippen LogP contribution in [-0.4, -0.2) is 46.1 Å². The lowest BCUT2D eigenvalue weighted by atomic mass is 10.2. The smallest absolute Gasteiger partial charge is 0.244 e. The molecule has 0 spiro atoms. The highest BCUT2D eigenvalue weighted by atomic mass is 32.2. The van der Waals surface area contributed by atoms with Gasteiger partial charge in [0.05, 0.1) is 7.11 Å². The third-order valence-corrected chi connectivity index (χ3v) is 5.34. The third-order valence-electron chi connectivity index (χ3n) is 3.89. The second-order valence-corrected chi connectivity index (χ2v) is 6.92. The highest BCUT2D eigenvalue weighted by Gasteiger charge is 2.26. The maximum atomic E-state index is 12.5. The van der Waals surface area contributed by atoms with Gasteiger partial charge in [-0.2, -0.15) is 0 Å². The Kier molecular flexibility index (Phi) is 5.08. The molecule has 1 fully saturated rings. The molecule has 1 aromatic carbocycles. The number of methoxy groups -OCH3 is 1. The van der Waals surface area contributed by atoms with Gasteiger partial charge in [0.2, 0.25) is 10.0 Å². The molecule has 0 amide bonds. The fourth-order valence-electron chi connectivity index (χ4n) is 2.73. The zero-order chi connectivity index (χ0) is 15.5. The molecule has 21 heavy (non-hydrogen) atoms. The second-order valence-electron chi connectivity index (χ2n) is 5.19. The lowest BCUT2D eigenvalue weighted by molar-refractivity contribution is 0.268. The summed E-state index contributed by atoms with van der Waals surface area (Å²) in [6.07, 6.45) is 2.13. The maximum Gasteiger partial charge on any atom is 0.244 e. The van der Waals surface area contributed by atoms with Crippen molar-refractivity contribution in [3.05, 3.63) is 18.2 Å². The van der Waals surface area contributed by atoms with Gasteiger partial charge in [-0.05, 0) is 44.1 Å². The Hall–Kier alpha value is -1.31. The van der Waals surface area contributed by atoms with Gasteiger partial charge < -0.3 is 10.5 Å². The summed E-state index contributed by atoms with van der Waals surface area (Å²) in [4.78, 5) is 2.38. The number of hydrogen-bond acceptors (Lipinski definition) is 5. The van der Waals surface area contributed by atoms with Crippen molar-refractivity contribution in [3.63, 3.8) is 0 Å². The van der Waals surface area contributed by atoms with Crippen LogP contribution in [0.3, 0.4) is 0 Å². The lowest BCUT2D eigenvalue weighted by Gasteiger charge is -2.23. The molecule has 1 heterocycles. The van der Waals surface area contributed by atoms with Crippen molar-refractivity contribution in [1.82, 2.24) is 9.62 Å². The molecule has 0 aromatic heterocycles. The summed E-state index contributed by atoms with van der Waals surface area (Å²) in [6, 6.07) is 4.87. The fourth-order valence-corrected chi connectivity index (χ4v) is 4.00. The summed E-state index contributed by atoms with van der Waals surface area (Å²) in [5.74, 6) is 0.301. The largest absolute Gasteiger partial charge is 0.495 e. The van der Waals surface area contributed by atoms with E-state index in [1.54, 1.807) is 12.1 Å². The van der Waals surface area contributed by atoms with E-state index in [0.29, 0.717) is 18.0 Å². The van der Waals surface area contributed by atoms with Gasteiger partial charge in [0.1, 0.15) is 10.6 Å². The van der Waals surface area contributed by atoms with Crippen molar-refractivity contribution in [2.75, 3.05) is 32.5 Å². The molecule has 1 aliphatic rings. The van der Waals surface area contributed by atoms with Crippen molar-refractivity contribution in [2.45, 2.75) is 30.7 Å². The average molecular weight is 313 g/mol. The molecule has 1 saturated heterocycles. The number of benzene rings is 1. The maximum absolute atomic E-state index is 12.5. The van der Waals surface area contributed by atoms with Crippen LogP contribution in [0.4, 0.5) is 5.69 Å². The van der Waals surface area contributed by atoms with Crippen LogP contribution < -0.4 is 15.2 Å². The van der Waals surface area contributed by atoms with E-state index in [1.807, 2.05) is 0 Å². The van der Waals surface area contributed by atoms with Gasteiger partial charge >= 0.3 is 0 Å². The molecule has 1 atom stereocenters. The molecule has 7 heteroatoms. The summed E-state index contributed by atoms with van der Waals surface area (Å²) in [5.41, 5.74) is 6.08. The van der Waals surface area contributed by atoms with E-state index in [2.05, 4.69) is 16.5 Å². The van der Waals surface area contributed by atoms with Crippen LogP contribution in [0, 0.1) is 0 Å². The van der Waals surface area contributed by atoms with Crippen LogP contribution >= 0.6 is 0 Å². The van der Waals surface area contributed by atoms with Gasteiger partial charge in [-0.25, -0.2) is 13.1 Å². The zero-order valence-electron chi connectivity index (χ0n) is 12.5. The number of nitrogens with zero attached hydrogens (tertiary/aromatic N) is 1. The van der Waals surface area contributed by atoms with Gasteiger partial charge in [0.25, 0.3) is 0 Å². The van der Waals surface area contributed by atoms with E-state index >= 15 is 0 Å². The molecule has 118 valence electrons. The molecule has 1 unspecified atom stereocenters. The summed E-state index contributed by atoms with van der Waals surface area (Å²) in [7, 11) is -2.18. The molecule has 6 nitrogen and oxygen atoms in total. The van der Waals surface area contributed by atoms with E-state index in [4.69, 9.17) is 10.5 Å². The molecule has 0 saturated carbocycles. The quantitative estimate of drug-likeness (QED) is 0.767. The van der Waals surface area contributed by atoms with Crippen LogP contribution in [0.2, 0.25) is 0 Å². The van der Waals surface area contributed by atoms with Crippen molar-refractivity contribution in [1.29, 1.82) is 0 Å². The Balaban J connectivity index is 2.13. The summed E-state index contributed by atoms with van der Waals surface area (Å²) >= 11 is 0. The Bertz CT molecular complexity index is 589. The summed E-state index contributed by atoms with van der Waals surface area (Å²) in [6.45, 7) is 4.47. The number of anilines is 1. The number of sulfonamides is 1. The third kappa shape index (κ3) is 3.66. The Morgan fingerprint density at radius 1 is 1.48 bits per heavy atom. The first-order chi connectivity index (χ1) is 9.97. The monoisotopic (exact) mass is 313 g/mol. The van der Waals surface area contributed by atoms with E-state index in [9.17, 15) is 8.42 Å². The summed E-state index contributed by atoms with van der Waals surface area (Å²) < 4.78 is 32.7. The highest BCUT2D eigenvalue weighted by Crippen LogP contribution is 2.26. The minimum atomic E-state index is -3.63. The summed E-state index contributed by atoms with van der Waals surface area (Å²) in [5, 5.41) is 0. The molecule has 3 N–H and O–H groups in total. The molecule has 1 aromatic rings. The lowest BCUT2D eigenvalue weighted by Crippen LogP contribution is -2.40. The van der Waals surface area contributed by atoms with E-state index in [1.165, 1.54) is 13.2 Å². The van der Waals surface area contributed by atoms with Crippen molar-refractivity contribution >= 4 is 15.7 Å². The normalized spacial score (nSPS) is 19.8.